The van der Waals surface area contributed by atoms with E-state index in [0.29, 0.717) is 0 Å². The van der Waals surface area contributed by atoms with E-state index in [1.165, 1.54) is 43.0 Å². The van der Waals surface area contributed by atoms with Crippen molar-refractivity contribution in [3.63, 3.8) is 0 Å². The Kier molecular flexibility index (Phi) is 3.80. The number of hydrogen-bond donors (Lipinski definition) is 0. The minimum absolute atomic E-state index is 0.982. The minimum atomic E-state index is 0.982. The number of aromatic nitrogens is 2. The molecule has 2 aromatic rings. The molecule has 2 aliphatic rings. The fourth-order valence-corrected chi connectivity index (χ4v) is 4.04. The van der Waals surface area contributed by atoms with Gasteiger partial charge in [-0.1, -0.05) is 0 Å². The lowest BCUT2D eigenvalue weighted by Gasteiger charge is -2.27. The summed E-state index contributed by atoms with van der Waals surface area (Å²) in [5.41, 5.74) is 2.68. The second kappa shape index (κ2) is 5.91. The molecule has 0 aliphatic carbocycles. The Morgan fingerprint density at radius 1 is 1.05 bits per heavy atom. The molecule has 0 radical (unpaired) electrons. The van der Waals surface area contributed by atoms with Gasteiger partial charge in [0.15, 0.2) is 0 Å². The summed E-state index contributed by atoms with van der Waals surface area (Å²) >= 11 is 1.78. The van der Waals surface area contributed by atoms with E-state index < -0.39 is 0 Å². The highest BCUT2D eigenvalue weighted by atomic mass is 32.1. The third-order valence-electron chi connectivity index (χ3n) is 4.50. The molecular weight excluding hydrogens is 280 g/mol. The monoisotopic (exact) mass is 302 g/mol. The quantitative estimate of drug-likeness (QED) is 0.867. The lowest BCUT2D eigenvalue weighted by molar-refractivity contribution is 0.209. The number of fused-ring (bicyclic) bond motifs is 1. The van der Waals surface area contributed by atoms with E-state index in [9.17, 15) is 0 Å². The standard InChI is InChI=1S/C16H22N4S/c1-2-5-18(4-1)10-15-11-20-7-6-19(12-16(20)17-15)9-14-3-8-21-13-14/h3,8,11,13H,1-2,4-7,9-10,12H2. The van der Waals surface area contributed by atoms with Crippen molar-refractivity contribution in [2.45, 2.75) is 39.0 Å². The molecular formula is C16H22N4S. The average molecular weight is 302 g/mol. The summed E-state index contributed by atoms with van der Waals surface area (Å²) in [5.74, 6) is 1.24. The fourth-order valence-electron chi connectivity index (χ4n) is 3.38. The van der Waals surface area contributed by atoms with Gasteiger partial charge >= 0.3 is 0 Å². The molecule has 4 heterocycles. The summed E-state index contributed by atoms with van der Waals surface area (Å²) in [7, 11) is 0. The molecule has 21 heavy (non-hydrogen) atoms. The van der Waals surface area contributed by atoms with Gasteiger partial charge in [0, 0.05) is 32.4 Å². The summed E-state index contributed by atoms with van der Waals surface area (Å²) in [4.78, 5) is 9.91. The number of thiophene rings is 1. The Balaban J connectivity index is 1.41. The van der Waals surface area contributed by atoms with Crippen molar-refractivity contribution in [1.29, 1.82) is 0 Å². The van der Waals surface area contributed by atoms with Crippen LogP contribution in [0.5, 0.6) is 0 Å². The summed E-state index contributed by atoms with van der Waals surface area (Å²) in [6.45, 7) is 7.76. The molecule has 0 amide bonds. The van der Waals surface area contributed by atoms with E-state index in [0.717, 1.165) is 32.7 Å². The maximum Gasteiger partial charge on any atom is 0.123 e. The molecule has 0 aromatic carbocycles. The molecule has 1 saturated heterocycles. The zero-order valence-electron chi connectivity index (χ0n) is 12.4. The van der Waals surface area contributed by atoms with Gasteiger partial charge in [-0.05, 0) is 48.3 Å². The molecule has 2 aliphatic heterocycles. The number of rotatable bonds is 4. The van der Waals surface area contributed by atoms with Crippen molar-refractivity contribution in [2.75, 3.05) is 19.6 Å². The zero-order valence-corrected chi connectivity index (χ0v) is 13.2. The molecule has 0 spiro atoms. The van der Waals surface area contributed by atoms with E-state index in [-0.39, 0.29) is 0 Å². The van der Waals surface area contributed by atoms with Crippen molar-refractivity contribution in [2.24, 2.45) is 0 Å². The number of nitrogens with zero attached hydrogens (tertiary/aromatic N) is 4. The van der Waals surface area contributed by atoms with Crippen molar-refractivity contribution < 1.29 is 0 Å². The summed E-state index contributed by atoms with van der Waals surface area (Å²) in [6.07, 6.45) is 4.97. The van der Waals surface area contributed by atoms with Gasteiger partial charge in [0.2, 0.25) is 0 Å². The molecule has 0 atom stereocenters. The van der Waals surface area contributed by atoms with Crippen molar-refractivity contribution in [3.8, 4) is 0 Å². The van der Waals surface area contributed by atoms with Crippen LogP contribution in [-0.2, 0) is 26.2 Å². The van der Waals surface area contributed by atoms with Crippen LogP contribution in [0, 0.1) is 0 Å². The molecule has 4 rings (SSSR count). The third kappa shape index (κ3) is 3.05. The normalized spacial score (nSPS) is 20.0. The van der Waals surface area contributed by atoms with Gasteiger partial charge in [-0.3, -0.25) is 9.80 Å². The first-order valence-corrected chi connectivity index (χ1v) is 8.82. The molecule has 5 heteroatoms. The number of hydrogen-bond acceptors (Lipinski definition) is 4. The van der Waals surface area contributed by atoms with E-state index in [2.05, 4.69) is 37.4 Å². The largest absolute Gasteiger partial charge is 0.332 e. The van der Waals surface area contributed by atoms with Crippen LogP contribution < -0.4 is 0 Å². The van der Waals surface area contributed by atoms with Crippen LogP contribution in [0.2, 0.25) is 0 Å². The van der Waals surface area contributed by atoms with Gasteiger partial charge in [-0.2, -0.15) is 11.3 Å². The number of imidazole rings is 1. The van der Waals surface area contributed by atoms with Gasteiger partial charge in [-0.15, -0.1) is 0 Å². The summed E-state index contributed by atoms with van der Waals surface area (Å²) in [6, 6.07) is 2.23. The van der Waals surface area contributed by atoms with Gasteiger partial charge < -0.3 is 4.57 Å². The Bertz CT molecular complexity index is 583. The van der Waals surface area contributed by atoms with Crippen LogP contribution in [0.15, 0.2) is 23.0 Å². The van der Waals surface area contributed by atoms with Gasteiger partial charge in [0.05, 0.1) is 12.2 Å². The van der Waals surface area contributed by atoms with Gasteiger partial charge in [0.25, 0.3) is 0 Å². The van der Waals surface area contributed by atoms with Crippen molar-refractivity contribution >= 4 is 11.3 Å². The van der Waals surface area contributed by atoms with Crippen LogP contribution in [0.25, 0.3) is 0 Å². The lowest BCUT2D eigenvalue weighted by atomic mass is 10.3. The maximum absolute atomic E-state index is 4.88. The highest BCUT2D eigenvalue weighted by Crippen LogP contribution is 2.18. The zero-order chi connectivity index (χ0) is 14.1. The predicted molar refractivity (Wildman–Crippen MR) is 85.2 cm³/mol. The highest BCUT2D eigenvalue weighted by Gasteiger charge is 2.20. The van der Waals surface area contributed by atoms with Crippen LogP contribution in [0.4, 0.5) is 0 Å². The van der Waals surface area contributed by atoms with Crippen LogP contribution >= 0.6 is 11.3 Å². The SMILES string of the molecule is c1cc(CN2CCn3cc(CN4CCCC4)nc3C2)cs1. The molecule has 0 N–H and O–H groups in total. The molecule has 1 fully saturated rings. The Labute approximate surface area is 130 Å². The number of likely N-dealkylation sites (tertiary alicyclic amines) is 1. The Hall–Kier alpha value is -1.17. The third-order valence-corrected chi connectivity index (χ3v) is 5.23. The molecule has 0 saturated carbocycles. The Morgan fingerprint density at radius 2 is 1.95 bits per heavy atom. The smallest absolute Gasteiger partial charge is 0.123 e. The van der Waals surface area contributed by atoms with E-state index in [4.69, 9.17) is 4.98 Å². The van der Waals surface area contributed by atoms with E-state index in [1.807, 2.05) is 0 Å². The fraction of sp³-hybridized carbons (Fsp3) is 0.562. The van der Waals surface area contributed by atoms with Gasteiger partial charge in [-0.25, -0.2) is 4.98 Å². The van der Waals surface area contributed by atoms with Crippen molar-refractivity contribution in [3.05, 3.63) is 40.1 Å². The van der Waals surface area contributed by atoms with Gasteiger partial charge in [0.1, 0.15) is 5.82 Å². The van der Waals surface area contributed by atoms with Crippen LogP contribution in [0.1, 0.15) is 29.9 Å². The first-order valence-electron chi connectivity index (χ1n) is 7.87. The predicted octanol–water partition coefficient (Wildman–Crippen LogP) is 2.56. The highest BCUT2D eigenvalue weighted by molar-refractivity contribution is 7.07. The first kappa shape index (κ1) is 13.5. The molecule has 112 valence electrons. The Morgan fingerprint density at radius 3 is 2.76 bits per heavy atom. The summed E-state index contributed by atoms with van der Waals surface area (Å²) in [5, 5.41) is 4.41. The van der Waals surface area contributed by atoms with Crippen LogP contribution in [-0.4, -0.2) is 39.0 Å². The minimum Gasteiger partial charge on any atom is -0.332 e. The lowest BCUT2D eigenvalue weighted by Crippen LogP contribution is -2.33. The maximum atomic E-state index is 4.88. The van der Waals surface area contributed by atoms with E-state index in [1.54, 1.807) is 11.3 Å². The van der Waals surface area contributed by atoms with Crippen LogP contribution in [0.3, 0.4) is 0 Å². The first-order chi connectivity index (χ1) is 10.4. The molecule has 0 unspecified atom stereocenters. The second-order valence-corrected chi connectivity index (χ2v) is 6.95. The summed E-state index contributed by atoms with van der Waals surface area (Å²) < 4.78 is 2.36. The topological polar surface area (TPSA) is 24.3 Å². The van der Waals surface area contributed by atoms with Crippen molar-refractivity contribution in [1.82, 2.24) is 19.4 Å². The second-order valence-electron chi connectivity index (χ2n) is 6.17. The average Bonchev–Trinajstić information content (AvgIpc) is 3.19. The molecule has 0 bridgehead atoms. The van der Waals surface area contributed by atoms with E-state index >= 15 is 0 Å². The molecule has 4 nitrogen and oxygen atoms in total. The molecule has 2 aromatic heterocycles.